The Morgan fingerprint density at radius 2 is 1.97 bits per heavy atom. The molecule has 0 spiro atoms. The number of hydrogen-bond donors (Lipinski definition) is 2. The number of para-hydroxylation sites is 1. The van der Waals surface area contributed by atoms with E-state index in [1.165, 1.54) is 11.8 Å². The number of Topliss-reactive ketones (excluding diaryl/α,β-unsaturated/α-hetero) is 1. The molecule has 7 heteroatoms. The maximum atomic E-state index is 13.3. The van der Waals surface area contributed by atoms with Crippen molar-refractivity contribution in [3.63, 3.8) is 0 Å². The van der Waals surface area contributed by atoms with Crippen molar-refractivity contribution >= 4 is 23.4 Å². The first kappa shape index (κ1) is 21.7. The topological polar surface area (TPSA) is 84.1 Å². The maximum absolute atomic E-state index is 13.3. The fraction of sp³-hybridized carbons (Fsp3) is 0.458. The molecule has 1 aromatic carbocycles. The average Bonchev–Trinajstić information content (AvgIpc) is 2.69. The highest BCUT2D eigenvalue weighted by atomic mass is 32.2. The summed E-state index contributed by atoms with van der Waals surface area (Å²) in [5.41, 5.74) is 2.44. The van der Waals surface area contributed by atoms with E-state index in [0.717, 1.165) is 23.4 Å². The third-order valence-corrected chi connectivity index (χ3v) is 7.00. The van der Waals surface area contributed by atoms with Gasteiger partial charge in [0.15, 0.2) is 10.9 Å². The van der Waals surface area contributed by atoms with Gasteiger partial charge in [0, 0.05) is 29.0 Å². The minimum Gasteiger partial charge on any atom is -0.496 e. The van der Waals surface area contributed by atoms with Crippen LogP contribution in [0.1, 0.15) is 57.6 Å². The number of ether oxygens (including phenoxy) is 1. The Bertz CT molecular complexity index is 1120. The molecule has 2 aromatic rings. The number of ketones is 1. The zero-order valence-electron chi connectivity index (χ0n) is 18.7. The van der Waals surface area contributed by atoms with E-state index in [-0.39, 0.29) is 16.8 Å². The van der Waals surface area contributed by atoms with Crippen LogP contribution in [0.4, 0.5) is 5.82 Å². The number of carbonyl (C=O) groups excluding carboxylic acids is 1. The third kappa shape index (κ3) is 4.15. The molecule has 1 atom stereocenters. The zero-order chi connectivity index (χ0) is 22.3. The molecule has 0 amide bonds. The standard InChI is InChI=1S/C24H29N3O3S/c1-13(2)12-31-23-26-21-20(22(29)27-23)18(14-8-6-7-9-17(14)30-5)19-15(25-21)10-24(3,4)11-16(19)28/h6-9,13,18H,10-12H2,1-5H3,(H2,25,26,27,29)/t18-/m1/s1. The van der Waals surface area contributed by atoms with Crippen LogP contribution in [-0.2, 0) is 4.79 Å². The lowest BCUT2D eigenvalue weighted by Crippen LogP contribution is -2.37. The van der Waals surface area contributed by atoms with Gasteiger partial charge in [-0.05, 0) is 23.8 Å². The van der Waals surface area contributed by atoms with Crippen LogP contribution < -0.4 is 15.6 Å². The summed E-state index contributed by atoms with van der Waals surface area (Å²) in [4.78, 5) is 34.3. The van der Waals surface area contributed by atoms with Gasteiger partial charge in [-0.25, -0.2) is 4.98 Å². The van der Waals surface area contributed by atoms with Crippen LogP contribution in [0, 0.1) is 11.3 Å². The molecule has 6 nitrogen and oxygen atoms in total. The third-order valence-electron chi connectivity index (χ3n) is 5.70. The number of rotatable bonds is 5. The molecule has 1 aromatic heterocycles. The Hall–Kier alpha value is -2.54. The Balaban J connectivity index is 1.92. The zero-order valence-corrected chi connectivity index (χ0v) is 19.5. The van der Waals surface area contributed by atoms with Gasteiger partial charge in [0.25, 0.3) is 5.56 Å². The number of thioether (sulfide) groups is 1. The van der Waals surface area contributed by atoms with Crippen LogP contribution in [0.3, 0.4) is 0 Å². The lowest BCUT2D eigenvalue weighted by Gasteiger charge is -2.38. The minimum atomic E-state index is -0.508. The summed E-state index contributed by atoms with van der Waals surface area (Å²) >= 11 is 1.54. The maximum Gasteiger partial charge on any atom is 0.257 e. The highest BCUT2D eigenvalue weighted by molar-refractivity contribution is 7.99. The van der Waals surface area contributed by atoms with Crippen molar-refractivity contribution in [3.8, 4) is 5.75 Å². The summed E-state index contributed by atoms with van der Waals surface area (Å²) in [6.07, 6.45) is 1.17. The number of carbonyl (C=O) groups is 1. The lowest BCUT2D eigenvalue weighted by atomic mass is 9.69. The normalized spacial score (nSPS) is 19.7. The summed E-state index contributed by atoms with van der Waals surface area (Å²) in [5.74, 6) is 2.09. The van der Waals surface area contributed by atoms with Gasteiger partial charge in [-0.3, -0.25) is 9.59 Å². The number of aromatic nitrogens is 2. The average molecular weight is 440 g/mol. The van der Waals surface area contributed by atoms with E-state index in [1.54, 1.807) is 7.11 Å². The molecule has 1 aliphatic carbocycles. The van der Waals surface area contributed by atoms with Gasteiger partial charge in [-0.2, -0.15) is 0 Å². The summed E-state index contributed by atoms with van der Waals surface area (Å²) in [7, 11) is 1.61. The molecule has 4 rings (SSSR count). The second-order valence-electron chi connectivity index (χ2n) is 9.47. The van der Waals surface area contributed by atoms with Crippen LogP contribution in [-0.4, -0.2) is 28.6 Å². The van der Waals surface area contributed by atoms with Crippen molar-refractivity contribution < 1.29 is 9.53 Å². The molecular formula is C24H29N3O3S. The molecule has 2 aliphatic rings. The molecule has 31 heavy (non-hydrogen) atoms. The Morgan fingerprint density at radius 3 is 2.68 bits per heavy atom. The molecular weight excluding hydrogens is 410 g/mol. The van der Waals surface area contributed by atoms with Crippen molar-refractivity contribution in [2.45, 2.75) is 51.6 Å². The quantitative estimate of drug-likeness (QED) is 0.518. The molecule has 0 saturated carbocycles. The molecule has 164 valence electrons. The van der Waals surface area contributed by atoms with Gasteiger partial charge in [0.2, 0.25) is 0 Å². The molecule has 0 unspecified atom stereocenters. The summed E-state index contributed by atoms with van der Waals surface area (Å²) in [6.45, 7) is 8.46. The van der Waals surface area contributed by atoms with Crippen molar-refractivity contribution in [3.05, 3.63) is 57.0 Å². The van der Waals surface area contributed by atoms with E-state index in [1.807, 2.05) is 24.3 Å². The van der Waals surface area contributed by atoms with Gasteiger partial charge >= 0.3 is 0 Å². The number of H-pyrrole nitrogens is 1. The highest BCUT2D eigenvalue weighted by Crippen LogP contribution is 2.49. The lowest BCUT2D eigenvalue weighted by molar-refractivity contribution is -0.118. The largest absolute Gasteiger partial charge is 0.496 e. The van der Waals surface area contributed by atoms with Gasteiger partial charge in [0.05, 0.1) is 18.6 Å². The molecule has 0 radical (unpaired) electrons. The first-order valence-electron chi connectivity index (χ1n) is 10.6. The summed E-state index contributed by atoms with van der Waals surface area (Å²) in [6, 6.07) is 7.59. The van der Waals surface area contributed by atoms with Gasteiger partial charge in [0.1, 0.15) is 11.6 Å². The molecule has 2 N–H and O–H groups in total. The fourth-order valence-electron chi connectivity index (χ4n) is 4.42. The first-order valence-corrected chi connectivity index (χ1v) is 11.6. The smallest absolute Gasteiger partial charge is 0.257 e. The Labute approximate surface area is 186 Å². The number of aromatic amines is 1. The number of anilines is 1. The van der Waals surface area contributed by atoms with Crippen molar-refractivity contribution in [2.75, 3.05) is 18.2 Å². The number of benzene rings is 1. The number of allylic oxidation sites excluding steroid dienone is 2. The Kier molecular flexibility index (Phi) is 5.73. The molecule has 0 bridgehead atoms. The second-order valence-corrected chi connectivity index (χ2v) is 10.5. The van der Waals surface area contributed by atoms with Crippen LogP contribution in [0.2, 0.25) is 0 Å². The van der Waals surface area contributed by atoms with Crippen LogP contribution in [0.5, 0.6) is 5.75 Å². The van der Waals surface area contributed by atoms with Gasteiger partial charge < -0.3 is 15.0 Å². The molecule has 0 fully saturated rings. The van der Waals surface area contributed by atoms with E-state index in [9.17, 15) is 9.59 Å². The van der Waals surface area contributed by atoms with E-state index >= 15 is 0 Å². The highest BCUT2D eigenvalue weighted by Gasteiger charge is 2.43. The predicted octanol–water partition coefficient (Wildman–Crippen LogP) is 4.73. The van der Waals surface area contributed by atoms with E-state index < -0.39 is 5.92 Å². The number of nitrogens with zero attached hydrogens (tertiary/aromatic N) is 1. The minimum absolute atomic E-state index is 0.0676. The summed E-state index contributed by atoms with van der Waals surface area (Å²) in [5, 5.41) is 3.96. The second kappa shape index (κ2) is 8.19. The molecule has 0 saturated heterocycles. The summed E-state index contributed by atoms with van der Waals surface area (Å²) < 4.78 is 5.61. The monoisotopic (exact) mass is 439 g/mol. The van der Waals surface area contributed by atoms with E-state index in [2.05, 4.69) is 38.0 Å². The number of methoxy groups -OCH3 is 1. The van der Waals surface area contributed by atoms with Crippen molar-refractivity contribution in [1.29, 1.82) is 0 Å². The predicted molar refractivity (Wildman–Crippen MR) is 124 cm³/mol. The van der Waals surface area contributed by atoms with E-state index in [0.29, 0.717) is 40.2 Å². The molecule has 1 aliphatic heterocycles. The Morgan fingerprint density at radius 1 is 1.23 bits per heavy atom. The SMILES string of the molecule is COc1ccccc1[C@@H]1C2=C(CC(C)(C)CC2=O)Nc2nc(SCC(C)C)[nH]c(=O)c21. The first-order chi connectivity index (χ1) is 14.7. The van der Waals surface area contributed by atoms with Gasteiger partial charge in [-0.1, -0.05) is 57.7 Å². The molecule has 2 heterocycles. The van der Waals surface area contributed by atoms with Crippen molar-refractivity contribution in [2.24, 2.45) is 11.3 Å². The van der Waals surface area contributed by atoms with Crippen molar-refractivity contribution in [1.82, 2.24) is 9.97 Å². The number of hydrogen-bond acceptors (Lipinski definition) is 6. The fourth-order valence-corrected chi connectivity index (χ4v) is 5.24. The van der Waals surface area contributed by atoms with E-state index in [4.69, 9.17) is 9.72 Å². The number of nitrogens with one attached hydrogen (secondary N) is 2. The van der Waals surface area contributed by atoms with Crippen LogP contribution in [0.15, 0.2) is 45.5 Å². The van der Waals surface area contributed by atoms with Crippen LogP contribution in [0.25, 0.3) is 0 Å². The number of fused-ring (bicyclic) bond motifs is 1. The van der Waals surface area contributed by atoms with Crippen LogP contribution >= 0.6 is 11.8 Å². The van der Waals surface area contributed by atoms with Gasteiger partial charge in [-0.15, -0.1) is 0 Å².